The maximum atomic E-state index is 12.3. The number of hydrogen-bond acceptors (Lipinski definition) is 4. The number of esters is 1. The van der Waals surface area contributed by atoms with Crippen molar-refractivity contribution in [2.75, 3.05) is 13.2 Å². The summed E-state index contributed by atoms with van der Waals surface area (Å²) in [5.41, 5.74) is -0.555. The van der Waals surface area contributed by atoms with E-state index in [0.717, 1.165) is 38.7 Å². The van der Waals surface area contributed by atoms with Gasteiger partial charge in [0.1, 0.15) is 5.54 Å². The second-order valence-electron chi connectivity index (χ2n) is 5.69. The Morgan fingerprint density at radius 3 is 2.74 bits per heavy atom. The van der Waals surface area contributed by atoms with Crippen molar-refractivity contribution >= 4 is 5.97 Å². The van der Waals surface area contributed by atoms with E-state index in [-0.39, 0.29) is 18.1 Å². The summed E-state index contributed by atoms with van der Waals surface area (Å²) < 4.78 is 11.1. The van der Waals surface area contributed by atoms with Crippen molar-refractivity contribution in [3.63, 3.8) is 0 Å². The lowest BCUT2D eigenvalue weighted by Gasteiger charge is -2.40. The molecule has 112 valence electrons. The van der Waals surface area contributed by atoms with Gasteiger partial charge in [0.2, 0.25) is 0 Å². The molecule has 1 saturated carbocycles. The third-order valence-corrected chi connectivity index (χ3v) is 3.49. The van der Waals surface area contributed by atoms with Crippen LogP contribution in [0.5, 0.6) is 0 Å². The largest absolute Gasteiger partial charge is 0.465 e. The van der Waals surface area contributed by atoms with Gasteiger partial charge in [-0.25, -0.2) is 0 Å². The fourth-order valence-electron chi connectivity index (χ4n) is 2.85. The van der Waals surface area contributed by atoms with E-state index in [0.29, 0.717) is 6.61 Å². The number of nitrogens with one attached hydrogen (secondary N) is 1. The van der Waals surface area contributed by atoms with Crippen molar-refractivity contribution in [3.05, 3.63) is 0 Å². The molecule has 1 fully saturated rings. The van der Waals surface area contributed by atoms with E-state index in [1.165, 1.54) is 0 Å². The van der Waals surface area contributed by atoms with Crippen LogP contribution in [0.3, 0.4) is 0 Å². The highest BCUT2D eigenvalue weighted by Crippen LogP contribution is 2.32. The highest BCUT2D eigenvalue weighted by atomic mass is 16.5. The summed E-state index contributed by atoms with van der Waals surface area (Å²) in [6.07, 6.45) is 4.80. The zero-order valence-electron chi connectivity index (χ0n) is 12.8. The van der Waals surface area contributed by atoms with Crippen LogP contribution in [0.4, 0.5) is 0 Å². The molecular formula is C15H29NO3. The number of carbonyl (C=O) groups excluding carboxylic acids is 1. The molecule has 1 aliphatic rings. The molecule has 0 saturated heterocycles. The van der Waals surface area contributed by atoms with E-state index in [2.05, 4.69) is 26.1 Å². The molecule has 0 aromatic carbocycles. The van der Waals surface area contributed by atoms with E-state index < -0.39 is 5.54 Å². The molecule has 1 rings (SSSR count). The molecular weight excluding hydrogens is 242 g/mol. The number of ether oxygens (including phenoxy) is 2. The Hall–Kier alpha value is -0.610. The van der Waals surface area contributed by atoms with Crippen LogP contribution in [0.2, 0.25) is 0 Å². The lowest BCUT2D eigenvalue weighted by atomic mass is 9.79. The first-order valence-corrected chi connectivity index (χ1v) is 7.60. The Labute approximate surface area is 117 Å². The van der Waals surface area contributed by atoms with Gasteiger partial charge >= 0.3 is 5.97 Å². The van der Waals surface area contributed by atoms with Crippen LogP contribution >= 0.6 is 0 Å². The highest BCUT2D eigenvalue weighted by molar-refractivity contribution is 5.81. The van der Waals surface area contributed by atoms with Crippen molar-refractivity contribution in [1.29, 1.82) is 0 Å². The van der Waals surface area contributed by atoms with Crippen molar-refractivity contribution in [2.24, 2.45) is 0 Å². The van der Waals surface area contributed by atoms with Gasteiger partial charge in [0.25, 0.3) is 0 Å². The Bertz CT molecular complexity index is 281. The minimum atomic E-state index is -0.555. The van der Waals surface area contributed by atoms with Crippen LogP contribution in [0.15, 0.2) is 0 Å². The van der Waals surface area contributed by atoms with Gasteiger partial charge in [-0.05, 0) is 46.5 Å². The Morgan fingerprint density at radius 1 is 1.42 bits per heavy atom. The second kappa shape index (κ2) is 7.85. The average Bonchev–Trinajstić information content (AvgIpc) is 2.36. The van der Waals surface area contributed by atoms with Gasteiger partial charge in [-0.3, -0.25) is 10.1 Å². The lowest BCUT2D eigenvalue weighted by molar-refractivity contribution is -0.156. The smallest absolute Gasteiger partial charge is 0.326 e. The summed E-state index contributed by atoms with van der Waals surface area (Å²) >= 11 is 0. The van der Waals surface area contributed by atoms with Gasteiger partial charge < -0.3 is 9.47 Å². The highest BCUT2D eigenvalue weighted by Gasteiger charge is 2.44. The van der Waals surface area contributed by atoms with Gasteiger partial charge in [0, 0.05) is 19.1 Å². The Balaban J connectivity index is 2.74. The lowest BCUT2D eigenvalue weighted by Crippen LogP contribution is -2.59. The maximum absolute atomic E-state index is 12.3. The molecule has 0 spiro atoms. The summed E-state index contributed by atoms with van der Waals surface area (Å²) in [5, 5.41) is 3.43. The van der Waals surface area contributed by atoms with E-state index in [1.807, 2.05) is 6.92 Å². The van der Waals surface area contributed by atoms with Crippen molar-refractivity contribution in [1.82, 2.24) is 5.32 Å². The van der Waals surface area contributed by atoms with Crippen molar-refractivity contribution in [2.45, 2.75) is 77.5 Å². The predicted molar refractivity (Wildman–Crippen MR) is 76.1 cm³/mol. The molecule has 0 aromatic rings. The summed E-state index contributed by atoms with van der Waals surface area (Å²) in [6.45, 7) is 9.30. The zero-order chi connectivity index (χ0) is 14.3. The van der Waals surface area contributed by atoms with Crippen LogP contribution in [-0.4, -0.2) is 36.9 Å². The van der Waals surface area contributed by atoms with Crippen molar-refractivity contribution in [3.8, 4) is 0 Å². The van der Waals surface area contributed by atoms with Crippen LogP contribution in [0, 0.1) is 0 Å². The first-order chi connectivity index (χ1) is 9.04. The molecule has 1 aliphatic carbocycles. The molecule has 0 amide bonds. The average molecular weight is 271 g/mol. The van der Waals surface area contributed by atoms with E-state index in [9.17, 15) is 4.79 Å². The van der Waals surface area contributed by atoms with Crippen LogP contribution in [0.25, 0.3) is 0 Å². The van der Waals surface area contributed by atoms with Gasteiger partial charge in [-0.15, -0.1) is 0 Å². The fraction of sp³-hybridized carbons (Fsp3) is 0.933. The summed E-state index contributed by atoms with van der Waals surface area (Å²) in [7, 11) is 0. The fourth-order valence-corrected chi connectivity index (χ4v) is 2.85. The number of carbonyl (C=O) groups is 1. The minimum Gasteiger partial charge on any atom is -0.465 e. The Morgan fingerprint density at radius 2 is 2.16 bits per heavy atom. The Kier molecular flexibility index (Phi) is 6.80. The molecule has 4 nitrogen and oxygen atoms in total. The maximum Gasteiger partial charge on any atom is 0.326 e. The van der Waals surface area contributed by atoms with E-state index >= 15 is 0 Å². The normalized spacial score (nSPS) is 27.5. The third kappa shape index (κ3) is 4.77. The molecule has 2 atom stereocenters. The van der Waals surface area contributed by atoms with Gasteiger partial charge in [-0.1, -0.05) is 6.92 Å². The van der Waals surface area contributed by atoms with E-state index in [1.54, 1.807) is 0 Å². The molecule has 0 radical (unpaired) electrons. The van der Waals surface area contributed by atoms with E-state index in [4.69, 9.17) is 9.47 Å². The second-order valence-corrected chi connectivity index (χ2v) is 5.69. The monoisotopic (exact) mass is 271 g/mol. The first-order valence-electron chi connectivity index (χ1n) is 7.60. The van der Waals surface area contributed by atoms with Gasteiger partial charge in [0.05, 0.1) is 12.7 Å². The molecule has 0 aliphatic heterocycles. The van der Waals surface area contributed by atoms with Crippen LogP contribution in [0.1, 0.15) is 59.8 Å². The third-order valence-electron chi connectivity index (χ3n) is 3.49. The molecule has 1 N–H and O–H groups in total. The SMILES string of the molecule is CCCOC1CCCC(NC(C)C)(C(=O)OCC)C1. The van der Waals surface area contributed by atoms with Gasteiger partial charge in [-0.2, -0.15) is 0 Å². The molecule has 19 heavy (non-hydrogen) atoms. The zero-order valence-corrected chi connectivity index (χ0v) is 12.8. The quantitative estimate of drug-likeness (QED) is 0.723. The summed E-state index contributed by atoms with van der Waals surface area (Å²) in [6, 6.07) is 0.259. The molecule has 0 aromatic heterocycles. The molecule has 0 heterocycles. The van der Waals surface area contributed by atoms with Crippen LogP contribution in [-0.2, 0) is 14.3 Å². The molecule has 4 heteroatoms. The standard InChI is InChI=1S/C15H29NO3/c1-5-10-19-13-8-7-9-15(11-13,16-12(3)4)14(17)18-6-2/h12-13,16H,5-11H2,1-4H3. The minimum absolute atomic E-state index is 0.117. The van der Waals surface area contributed by atoms with Gasteiger partial charge in [0.15, 0.2) is 0 Å². The first kappa shape index (κ1) is 16.4. The topological polar surface area (TPSA) is 47.6 Å². The summed E-state index contributed by atoms with van der Waals surface area (Å²) in [5.74, 6) is -0.117. The van der Waals surface area contributed by atoms with Crippen molar-refractivity contribution < 1.29 is 14.3 Å². The number of hydrogen-bond donors (Lipinski definition) is 1. The number of rotatable bonds is 7. The molecule has 0 bridgehead atoms. The summed E-state index contributed by atoms with van der Waals surface area (Å²) in [4.78, 5) is 12.3. The predicted octanol–water partition coefficient (Wildman–Crippen LogP) is 2.66. The molecule has 2 unspecified atom stereocenters. The van der Waals surface area contributed by atoms with Crippen LogP contribution < -0.4 is 5.32 Å².